The van der Waals surface area contributed by atoms with Gasteiger partial charge in [0.25, 0.3) is 0 Å². The summed E-state index contributed by atoms with van der Waals surface area (Å²) in [6.45, 7) is 3.23. The molecule has 1 heterocycles. The second-order valence-corrected chi connectivity index (χ2v) is 10.6. The number of benzene rings is 3. The molecular formula is C33H35N3O8. The van der Waals surface area contributed by atoms with Crippen molar-refractivity contribution < 1.29 is 38.1 Å². The van der Waals surface area contributed by atoms with Crippen molar-refractivity contribution in [3.05, 3.63) is 90.0 Å². The molecule has 4 rings (SSSR count). The summed E-state index contributed by atoms with van der Waals surface area (Å²) in [7, 11) is 0. The highest BCUT2D eigenvalue weighted by atomic mass is 16.7. The molecule has 11 heteroatoms. The lowest BCUT2D eigenvalue weighted by atomic mass is 10.0. The van der Waals surface area contributed by atoms with Crippen molar-refractivity contribution in [2.24, 2.45) is 11.8 Å². The zero-order chi connectivity index (χ0) is 31.5. The van der Waals surface area contributed by atoms with E-state index in [0.717, 1.165) is 16.7 Å². The number of hydrogen-bond acceptors (Lipinski definition) is 9. The first kappa shape index (κ1) is 31.7. The van der Waals surface area contributed by atoms with Crippen LogP contribution in [0.1, 0.15) is 37.8 Å². The number of amides is 2. The Morgan fingerprint density at radius 3 is 2.23 bits per heavy atom. The summed E-state index contributed by atoms with van der Waals surface area (Å²) in [5.74, 6) is -1.64. The average Bonchev–Trinajstić information content (AvgIpc) is 3.38. The Morgan fingerprint density at radius 1 is 0.909 bits per heavy atom. The number of carbonyl (C=O) groups excluding carboxylic acids is 4. The monoisotopic (exact) mass is 601 g/mol. The fourth-order valence-corrected chi connectivity index (χ4v) is 4.40. The van der Waals surface area contributed by atoms with Gasteiger partial charge in [0.05, 0.1) is 24.3 Å². The molecule has 0 saturated carbocycles. The van der Waals surface area contributed by atoms with Gasteiger partial charge in [0.1, 0.15) is 24.8 Å². The van der Waals surface area contributed by atoms with Crippen LogP contribution >= 0.6 is 0 Å². The van der Waals surface area contributed by atoms with Gasteiger partial charge in [-0.1, -0.05) is 80.6 Å². The zero-order valence-electron chi connectivity index (χ0n) is 24.5. The molecular weight excluding hydrogens is 566 g/mol. The maximum atomic E-state index is 12.3. The van der Waals surface area contributed by atoms with Crippen molar-refractivity contribution in [3.8, 4) is 16.9 Å². The molecule has 11 nitrogen and oxygen atoms in total. The summed E-state index contributed by atoms with van der Waals surface area (Å²) in [5, 5.41) is 13.5. The SMILES string of the molecule is CC(C)C(=O)OCOC(=O)C[C@@H]1C[C@@H](COc2ccc(-c3ccc(C(=N)NC(=O)OCc4ccccc4)cc3)cc2)NC1=O. The lowest BCUT2D eigenvalue weighted by Crippen LogP contribution is -2.31. The number of amidine groups is 1. The third-order valence-electron chi connectivity index (χ3n) is 6.84. The first-order valence-corrected chi connectivity index (χ1v) is 14.2. The molecule has 0 bridgehead atoms. The summed E-state index contributed by atoms with van der Waals surface area (Å²) < 4.78 is 20.8. The number of hydrogen-bond donors (Lipinski definition) is 3. The largest absolute Gasteiger partial charge is 0.491 e. The lowest BCUT2D eigenvalue weighted by Gasteiger charge is -2.13. The third kappa shape index (κ3) is 9.41. The molecule has 3 aromatic carbocycles. The first-order chi connectivity index (χ1) is 21.2. The Balaban J connectivity index is 1.19. The van der Waals surface area contributed by atoms with E-state index in [9.17, 15) is 19.2 Å². The first-order valence-electron chi connectivity index (χ1n) is 14.2. The van der Waals surface area contributed by atoms with Crippen molar-refractivity contribution in [1.82, 2.24) is 10.6 Å². The maximum absolute atomic E-state index is 12.3. The minimum absolute atomic E-state index is 0.0661. The number of esters is 2. The maximum Gasteiger partial charge on any atom is 0.413 e. The van der Waals surface area contributed by atoms with E-state index in [1.807, 2.05) is 66.7 Å². The molecule has 0 aliphatic carbocycles. The Kier molecular flexibility index (Phi) is 11.1. The van der Waals surface area contributed by atoms with Gasteiger partial charge in [-0.05, 0) is 35.2 Å². The van der Waals surface area contributed by atoms with Gasteiger partial charge in [0, 0.05) is 5.56 Å². The van der Waals surface area contributed by atoms with Crippen molar-refractivity contribution in [3.63, 3.8) is 0 Å². The van der Waals surface area contributed by atoms with Crippen molar-refractivity contribution in [2.45, 2.75) is 39.3 Å². The quantitative estimate of drug-likeness (QED) is 0.118. The number of ether oxygens (including phenoxy) is 4. The molecule has 44 heavy (non-hydrogen) atoms. The predicted molar refractivity (Wildman–Crippen MR) is 161 cm³/mol. The highest BCUT2D eigenvalue weighted by Gasteiger charge is 2.34. The van der Waals surface area contributed by atoms with Crippen LogP contribution in [0.4, 0.5) is 4.79 Å². The summed E-state index contributed by atoms with van der Waals surface area (Å²) in [5.41, 5.74) is 3.23. The van der Waals surface area contributed by atoms with Crippen molar-refractivity contribution >= 4 is 29.8 Å². The molecule has 0 spiro atoms. The minimum Gasteiger partial charge on any atom is -0.491 e. The highest BCUT2D eigenvalue weighted by Crippen LogP contribution is 2.25. The van der Waals surface area contributed by atoms with E-state index >= 15 is 0 Å². The molecule has 1 saturated heterocycles. The van der Waals surface area contributed by atoms with Crippen LogP contribution in [0.5, 0.6) is 5.75 Å². The molecule has 1 aliphatic rings. The number of alkyl carbamates (subject to hydrolysis) is 1. The van der Waals surface area contributed by atoms with E-state index in [0.29, 0.717) is 17.7 Å². The van der Waals surface area contributed by atoms with Gasteiger partial charge in [-0.2, -0.15) is 0 Å². The van der Waals surface area contributed by atoms with Crippen molar-refractivity contribution in [1.29, 1.82) is 5.41 Å². The normalized spacial score (nSPS) is 15.7. The Hall–Kier alpha value is -5.19. The van der Waals surface area contributed by atoms with Gasteiger partial charge < -0.3 is 24.3 Å². The van der Waals surface area contributed by atoms with Crippen LogP contribution in [0.2, 0.25) is 0 Å². The highest BCUT2D eigenvalue weighted by molar-refractivity contribution is 6.04. The Bertz CT molecular complexity index is 1460. The predicted octanol–water partition coefficient (Wildman–Crippen LogP) is 4.58. The van der Waals surface area contributed by atoms with Gasteiger partial charge in [-0.3, -0.25) is 25.1 Å². The second kappa shape index (κ2) is 15.3. The van der Waals surface area contributed by atoms with Gasteiger partial charge in [-0.25, -0.2) is 4.79 Å². The molecule has 1 fully saturated rings. The van der Waals surface area contributed by atoms with E-state index in [2.05, 4.69) is 10.6 Å². The molecule has 3 N–H and O–H groups in total. The van der Waals surface area contributed by atoms with Crippen LogP contribution in [0.15, 0.2) is 78.9 Å². The van der Waals surface area contributed by atoms with Gasteiger partial charge >= 0.3 is 18.0 Å². The summed E-state index contributed by atoms with van der Waals surface area (Å²) in [4.78, 5) is 47.9. The van der Waals surface area contributed by atoms with Crippen molar-refractivity contribution in [2.75, 3.05) is 13.4 Å². The van der Waals surface area contributed by atoms with Crippen LogP contribution in [0, 0.1) is 17.2 Å². The molecule has 0 radical (unpaired) electrons. The Morgan fingerprint density at radius 2 is 1.57 bits per heavy atom. The molecule has 0 unspecified atom stereocenters. The molecule has 2 amide bonds. The smallest absolute Gasteiger partial charge is 0.413 e. The minimum atomic E-state index is -0.699. The van der Waals surface area contributed by atoms with E-state index in [4.69, 9.17) is 24.4 Å². The van der Waals surface area contributed by atoms with Crippen LogP contribution in [0.3, 0.4) is 0 Å². The number of nitrogens with one attached hydrogen (secondary N) is 3. The molecule has 1 aliphatic heterocycles. The van der Waals surface area contributed by atoms with Crippen LogP contribution in [0.25, 0.3) is 11.1 Å². The topological polar surface area (TPSA) is 153 Å². The second-order valence-electron chi connectivity index (χ2n) is 10.6. The number of rotatable bonds is 12. The Labute approximate surface area is 255 Å². The molecule has 230 valence electrons. The van der Waals surface area contributed by atoms with E-state index in [1.54, 1.807) is 26.0 Å². The average molecular weight is 602 g/mol. The zero-order valence-corrected chi connectivity index (χ0v) is 24.5. The number of carbonyl (C=O) groups is 4. The van der Waals surface area contributed by atoms with E-state index in [-0.39, 0.29) is 43.3 Å². The van der Waals surface area contributed by atoms with Gasteiger partial charge in [0.2, 0.25) is 12.7 Å². The van der Waals surface area contributed by atoms with Gasteiger partial charge in [0.15, 0.2) is 0 Å². The molecule has 0 aromatic heterocycles. The van der Waals surface area contributed by atoms with Crippen LogP contribution in [-0.2, 0) is 35.2 Å². The van der Waals surface area contributed by atoms with E-state index in [1.165, 1.54) is 0 Å². The molecule has 3 aromatic rings. The van der Waals surface area contributed by atoms with E-state index < -0.39 is 30.7 Å². The lowest BCUT2D eigenvalue weighted by molar-refractivity contribution is -0.170. The fraction of sp³-hybridized carbons (Fsp3) is 0.303. The van der Waals surface area contributed by atoms with Gasteiger partial charge in [-0.15, -0.1) is 0 Å². The van der Waals surface area contributed by atoms with Crippen LogP contribution in [-0.4, -0.2) is 49.2 Å². The summed E-state index contributed by atoms with van der Waals surface area (Å²) >= 11 is 0. The fourth-order valence-electron chi connectivity index (χ4n) is 4.40. The standard InChI is InChI=1S/C33H35N3O8/c1-21(2)32(39)44-20-43-29(37)17-26-16-27(35-31(26)38)19-41-28-14-12-24(13-15-28)23-8-10-25(11-9-23)30(34)36-33(40)42-18-22-6-4-3-5-7-22/h3-15,21,26-27H,16-20H2,1-2H3,(H,35,38)(H2,34,36,40)/t26-,27-/m0/s1. The summed E-state index contributed by atoms with van der Waals surface area (Å²) in [6.07, 6.45) is -0.392. The third-order valence-corrected chi connectivity index (χ3v) is 6.84. The summed E-state index contributed by atoms with van der Waals surface area (Å²) in [6, 6.07) is 23.7. The van der Waals surface area contributed by atoms with Crippen LogP contribution < -0.4 is 15.4 Å². The molecule has 2 atom stereocenters.